The molecule has 23 nitrogen and oxygen atoms in total. The van der Waals surface area contributed by atoms with E-state index in [2.05, 4.69) is 30.0 Å². The number of aromatic nitrogens is 8. The molecule has 6 heterocycles. The van der Waals surface area contributed by atoms with Gasteiger partial charge in [0, 0.05) is 12.0 Å². The highest BCUT2D eigenvalue weighted by Crippen LogP contribution is 2.50. The van der Waals surface area contributed by atoms with Crippen LogP contribution in [0.5, 0.6) is 0 Å². The summed E-state index contributed by atoms with van der Waals surface area (Å²) in [6.45, 7) is -1.28. The largest absolute Gasteiger partial charge is 0.472 e. The first-order valence-corrected chi connectivity index (χ1v) is 16.1. The number of imidazole rings is 1. The Morgan fingerprint density at radius 1 is 1.11 bits per heavy atom. The molecule has 0 saturated carbocycles. The second-order valence-electron chi connectivity index (χ2n) is 10.2. The van der Waals surface area contributed by atoms with E-state index in [4.69, 9.17) is 34.5 Å². The Kier molecular flexibility index (Phi) is 8.93. The van der Waals surface area contributed by atoms with Crippen molar-refractivity contribution in [2.75, 3.05) is 24.7 Å². The molecule has 0 aliphatic carbocycles. The number of fused-ring (bicyclic) bond motifs is 2. The molecule has 0 spiro atoms. The SMILES string of the molecule is Nc1nc2c(ncn2[C@@H]2O[C@H](CO)[C@@H](O)[C@H]2OP(=O)(O)OCC[C@H]2O[C@@H](c3cnn4c(N)ncnc34)[C@H](O)[C@@H]2O[PH](=O)O)c(=O)[nH]1. The Morgan fingerprint density at radius 3 is 2.63 bits per heavy atom. The van der Waals surface area contributed by atoms with Crippen molar-refractivity contribution in [3.63, 3.8) is 0 Å². The summed E-state index contributed by atoms with van der Waals surface area (Å²) in [7, 11) is -8.61. The zero-order valence-corrected chi connectivity index (χ0v) is 25.1. The Hall–Kier alpha value is -3.44. The summed E-state index contributed by atoms with van der Waals surface area (Å²) in [5.74, 6) is -0.263. The second-order valence-corrected chi connectivity index (χ2v) is 12.3. The van der Waals surface area contributed by atoms with Crippen molar-refractivity contribution in [1.82, 2.24) is 39.1 Å². The summed E-state index contributed by atoms with van der Waals surface area (Å²) in [6.07, 6.45) is -7.87. The summed E-state index contributed by atoms with van der Waals surface area (Å²) >= 11 is 0. The summed E-state index contributed by atoms with van der Waals surface area (Å²) in [6, 6.07) is 0. The fourth-order valence-electron chi connectivity index (χ4n) is 5.34. The van der Waals surface area contributed by atoms with E-state index in [9.17, 15) is 39.0 Å². The fraction of sp³-hybridized carbons (Fsp3) is 0.524. The molecule has 2 saturated heterocycles. The summed E-state index contributed by atoms with van der Waals surface area (Å²) in [4.78, 5) is 50.3. The lowest BCUT2D eigenvalue weighted by Gasteiger charge is -2.24. The number of aliphatic hydroxyl groups excluding tert-OH is 3. The number of rotatable bonds is 11. The van der Waals surface area contributed by atoms with Gasteiger partial charge in [-0.25, -0.2) is 19.5 Å². The first-order valence-electron chi connectivity index (χ1n) is 13.4. The molecule has 25 heteroatoms. The van der Waals surface area contributed by atoms with Crippen molar-refractivity contribution in [2.45, 2.75) is 55.4 Å². The number of nitrogen functional groups attached to an aromatic ring is 2. The van der Waals surface area contributed by atoms with E-state index in [0.717, 1.165) is 10.9 Å². The summed E-state index contributed by atoms with van der Waals surface area (Å²) in [5, 5.41) is 35.4. The maximum absolute atomic E-state index is 13.0. The van der Waals surface area contributed by atoms with Crippen LogP contribution in [-0.4, -0.2) is 114 Å². The number of nitrogens with two attached hydrogens (primary N) is 2. The van der Waals surface area contributed by atoms with Crippen molar-refractivity contribution < 1.29 is 57.3 Å². The van der Waals surface area contributed by atoms with Crippen LogP contribution in [0.25, 0.3) is 16.8 Å². The van der Waals surface area contributed by atoms with E-state index in [0.29, 0.717) is 0 Å². The van der Waals surface area contributed by atoms with Crippen molar-refractivity contribution in [3.8, 4) is 0 Å². The number of hydrogen-bond acceptors (Lipinski definition) is 18. The van der Waals surface area contributed by atoms with E-state index >= 15 is 0 Å². The van der Waals surface area contributed by atoms with Crippen molar-refractivity contribution in [3.05, 3.63) is 34.8 Å². The smallest absolute Gasteiger partial charge is 0.394 e. The Bertz CT molecular complexity index is 1870. The normalized spacial score (nSPS) is 30.3. The van der Waals surface area contributed by atoms with Gasteiger partial charge < -0.3 is 50.6 Å². The predicted molar refractivity (Wildman–Crippen MR) is 150 cm³/mol. The maximum Gasteiger partial charge on any atom is 0.472 e. The lowest BCUT2D eigenvalue weighted by molar-refractivity contribution is -0.0518. The van der Waals surface area contributed by atoms with E-state index < -0.39 is 83.8 Å². The topological polar surface area (TPSA) is 340 Å². The summed E-state index contributed by atoms with van der Waals surface area (Å²) in [5.41, 5.74) is 11.0. The molecule has 0 radical (unpaired) electrons. The molecule has 2 aliphatic rings. The minimum atomic E-state index is -5.03. The summed E-state index contributed by atoms with van der Waals surface area (Å²) < 4.78 is 53.9. The monoisotopic (exact) mass is 690 g/mol. The van der Waals surface area contributed by atoms with Crippen molar-refractivity contribution in [1.29, 1.82) is 0 Å². The van der Waals surface area contributed by atoms with Crippen molar-refractivity contribution in [2.24, 2.45) is 0 Å². The fourth-order valence-corrected chi connectivity index (χ4v) is 6.80. The zero-order chi connectivity index (χ0) is 32.9. The molecule has 2 fully saturated rings. The molecule has 4 aromatic rings. The molecule has 2 aliphatic heterocycles. The third kappa shape index (κ3) is 6.03. The highest BCUT2D eigenvalue weighted by molar-refractivity contribution is 7.47. The van der Waals surface area contributed by atoms with Gasteiger partial charge in [-0.2, -0.15) is 14.6 Å². The van der Waals surface area contributed by atoms with Crippen LogP contribution in [0.15, 0.2) is 23.6 Å². The number of ether oxygens (including phenoxy) is 2. The van der Waals surface area contributed by atoms with Gasteiger partial charge in [0.15, 0.2) is 23.0 Å². The third-order valence-electron chi connectivity index (χ3n) is 7.37. The van der Waals surface area contributed by atoms with Gasteiger partial charge in [0.2, 0.25) is 11.9 Å². The Balaban J connectivity index is 1.17. The molecular weight excluding hydrogens is 662 g/mol. The Morgan fingerprint density at radius 2 is 1.89 bits per heavy atom. The van der Waals surface area contributed by atoms with Gasteiger partial charge in [-0.1, -0.05) is 0 Å². The number of phosphoric acid groups is 1. The molecule has 6 rings (SSSR count). The first-order chi connectivity index (χ1) is 21.9. The molecule has 4 aromatic heterocycles. The van der Waals surface area contributed by atoms with Gasteiger partial charge in [0.05, 0.1) is 31.8 Å². The quantitative estimate of drug-likeness (QED) is 0.0733. The van der Waals surface area contributed by atoms with Gasteiger partial charge >= 0.3 is 16.1 Å². The van der Waals surface area contributed by atoms with E-state index in [1.54, 1.807) is 0 Å². The van der Waals surface area contributed by atoms with Crippen LogP contribution >= 0.6 is 16.1 Å². The van der Waals surface area contributed by atoms with Crippen LogP contribution in [0.4, 0.5) is 11.9 Å². The third-order valence-corrected chi connectivity index (χ3v) is 8.86. The van der Waals surface area contributed by atoms with Crippen LogP contribution < -0.4 is 17.0 Å². The molecule has 250 valence electrons. The van der Waals surface area contributed by atoms with Crippen LogP contribution in [0, 0.1) is 0 Å². The average molecular weight is 690 g/mol. The lowest BCUT2D eigenvalue weighted by atomic mass is 10.0. The number of nitrogens with one attached hydrogen (secondary N) is 1. The minimum Gasteiger partial charge on any atom is -0.394 e. The van der Waals surface area contributed by atoms with Crippen LogP contribution in [0.3, 0.4) is 0 Å². The van der Waals surface area contributed by atoms with Gasteiger partial charge in [0.1, 0.15) is 43.0 Å². The highest BCUT2D eigenvalue weighted by atomic mass is 31.2. The van der Waals surface area contributed by atoms with Crippen LogP contribution in [0.2, 0.25) is 0 Å². The predicted octanol–water partition coefficient (Wildman–Crippen LogP) is -2.87. The van der Waals surface area contributed by atoms with Crippen molar-refractivity contribution >= 4 is 44.8 Å². The van der Waals surface area contributed by atoms with Crippen LogP contribution in [-0.2, 0) is 32.2 Å². The number of aromatic amines is 1. The Labute approximate surface area is 256 Å². The molecule has 0 bridgehead atoms. The van der Waals surface area contributed by atoms with E-state index in [-0.39, 0.29) is 40.7 Å². The number of anilines is 2. The van der Waals surface area contributed by atoms with Gasteiger partial charge in [-0.05, 0) is 0 Å². The molecule has 10 N–H and O–H groups in total. The molecule has 2 unspecified atom stereocenters. The second kappa shape index (κ2) is 12.6. The zero-order valence-electron chi connectivity index (χ0n) is 23.2. The minimum absolute atomic E-state index is 0.00112. The lowest BCUT2D eigenvalue weighted by Crippen LogP contribution is -2.35. The molecule has 46 heavy (non-hydrogen) atoms. The molecular formula is C21H28N10O13P2. The standard InChI is InChI=1S/C21H28N10O13P2/c22-20-28-17-10(18(35)29-20)26-6-30(17)19-15(11(33)9(4-32)42-19)44-46(38,39)40-2-1-8-14(43-45(36)37)12(34)13(41-8)7-3-27-31-16(7)24-5-25-21(31)23/h3,5-6,8-9,11-15,19,32-34,45H,1-2,4H2,(H,36,37)(H,38,39)(H2,23,24,25)(H3,22,28,29,35)/t8-,9-,11-,12+,13+,14-,15-,19-/m1/s1. The number of aliphatic hydroxyl groups is 3. The number of H-pyrrole nitrogens is 1. The maximum atomic E-state index is 13.0. The highest BCUT2D eigenvalue weighted by Gasteiger charge is 2.50. The average Bonchev–Trinajstić information content (AvgIpc) is 3.75. The van der Waals surface area contributed by atoms with E-state index in [1.165, 1.54) is 17.0 Å². The molecule has 0 aromatic carbocycles. The van der Waals surface area contributed by atoms with Gasteiger partial charge in [-0.3, -0.25) is 28.0 Å². The van der Waals surface area contributed by atoms with Crippen LogP contribution in [0.1, 0.15) is 24.3 Å². The van der Waals surface area contributed by atoms with Gasteiger partial charge in [0.25, 0.3) is 5.56 Å². The van der Waals surface area contributed by atoms with Gasteiger partial charge in [-0.15, -0.1) is 0 Å². The number of hydrogen-bond donors (Lipinski definition) is 8. The van der Waals surface area contributed by atoms with E-state index in [1.807, 2.05) is 0 Å². The molecule has 10 atom stereocenters. The number of phosphoric ester groups is 1. The number of nitrogens with zero attached hydrogens (tertiary/aromatic N) is 7. The molecule has 0 amide bonds. The first kappa shape index (κ1) is 32.5.